The molecular weight excluding hydrogens is 451 g/mol. The van der Waals surface area contributed by atoms with Crippen molar-refractivity contribution < 1.29 is 21.4 Å². The van der Waals surface area contributed by atoms with E-state index in [1.807, 2.05) is 42.5 Å². The Morgan fingerprint density at radius 3 is 2.21 bits per heavy atom. The molecule has 4 aromatic carbocycles. The number of halogens is 1. The Balaban J connectivity index is 1.44. The molecule has 0 aliphatic heterocycles. The number of furan rings is 1. The summed E-state index contributed by atoms with van der Waals surface area (Å²) >= 11 is 0. The fourth-order valence-corrected chi connectivity index (χ4v) is 4.89. The highest BCUT2D eigenvalue weighted by Crippen LogP contribution is 2.33. The summed E-state index contributed by atoms with van der Waals surface area (Å²) < 4.78 is 50.7. The maximum atomic E-state index is 13.2. The van der Waals surface area contributed by atoms with Crippen LogP contribution in [-0.4, -0.2) is 8.42 Å². The quantitative estimate of drug-likeness (QED) is 0.193. The van der Waals surface area contributed by atoms with Gasteiger partial charge in [-0.15, -0.1) is 0 Å². The molecule has 0 amide bonds. The lowest BCUT2D eigenvalue weighted by atomic mass is 10.0. The standard InChI is InChI=1S/C28H19FO4S/c1-19(33-34(30,31)28-10-6-5-9-25(28)21-7-3-2-4-8-21)26-18-23-12-11-22(17-27(23)32-26)20-13-15-24(29)16-14-20/h2-18H,1H2. The topological polar surface area (TPSA) is 56.5 Å². The monoisotopic (exact) mass is 470 g/mol. The average molecular weight is 471 g/mol. The molecule has 0 saturated heterocycles. The van der Waals surface area contributed by atoms with Gasteiger partial charge in [0.05, 0.1) is 0 Å². The maximum Gasteiger partial charge on any atom is 0.339 e. The fraction of sp³-hybridized carbons (Fsp3) is 0. The van der Waals surface area contributed by atoms with Gasteiger partial charge in [0.1, 0.15) is 16.3 Å². The van der Waals surface area contributed by atoms with Crippen LogP contribution < -0.4 is 0 Å². The van der Waals surface area contributed by atoms with Crippen LogP contribution in [0.15, 0.2) is 119 Å². The summed E-state index contributed by atoms with van der Waals surface area (Å²) in [5, 5.41) is 0.757. The summed E-state index contributed by atoms with van der Waals surface area (Å²) in [4.78, 5) is 0.0389. The molecule has 0 N–H and O–H groups in total. The lowest BCUT2D eigenvalue weighted by Gasteiger charge is -2.12. The molecule has 0 radical (unpaired) electrons. The van der Waals surface area contributed by atoms with Gasteiger partial charge in [0.25, 0.3) is 0 Å². The summed E-state index contributed by atoms with van der Waals surface area (Å²) in [6.07, 6.45) is 0. The Hall–Kier alpha value is -4.16. The molecule has 5 rings (SSSR count). The zero-order valence-corrected chi connectivity index (χ0v) is 18.8. The van der Waals surface area contributed by atoms with Gasteiger partial charge in [-0.05, 0) is 47.0 Å². The number of benzene rings is 4. The molecule has 4 nitrogen and oxygen atoms in total. The highest BCUT2D eigenvalue weighted by molar-refractivity contribution is 7.87. The molecule has 5 aromatic rings. The van der Waals surface area contributed by atoms with Crippen molar-refractivity contribution in [1.29, 1.82) is 0 Å². The summed E-state index contributed by atoms with van der Waals surface area (Å²) in [5.41, 5.74) is 3.49. The van der Waals surface area contributed by atoms with Gasteiger partial charge in [0.15, 0.2) is 11.5 Å². The molecule has 1 aromatic heterocycles. The van der Waals surface area contributed by atoms with Crippen LogP contribution in [0.1, 0.15) is 5.76 Å². The lowest BCUT2D eigenvalue weighted by Crippen LogP contribution is -2.07. The van der Waals surface area contributed by atoms with Crippen LogP contribution in [0.2, 0.25) is 0 Å². The molecule has 0 spiro atoms. The first-order chi connectivity index (χ1) is 16.4. The van der Waals surface area contributed by atoms with Crippen LogP contribution in [0.4, 0.5) is 4.39 Å². The van der Waals surface area contributed by atoms with Crippen molar-refractivity contribution in [2.75, 3.05) is 0 Å². The Morgan fingerprint density at radius 1 is 0.765 bits per heavy atom. The summed E-state index contributed by atoms with van der Waals surface area (Å²) in [6.45, 7) is 3.79. The molecular formula is C28H19FO4S. The van der Waals surface area contributed by atoms with Crippen molar-refractivity contribution in [2.24, 2.45) is 0 Å². The van der Waals surface area contributed by atoms with Gasteiger partial charge in [-0.2, -0.15) is 8.42 Å². The predicted octanol–water partition coefficient (Wildman–Crippen LogP) is 7.28. The van der Waals surface area contributed by atoms with Crippen LogP contribution in [0.3, 0.4) is 0 Å². The number of hydrogen-bond acceptors (Lipinski definition) is 4. The van der Waals surface area contributed by atoms with Crippen molar-refractivity contribution in [3.8, 4) is 22.3 Å². The minimum absolute atomic E-state index is 0.0389. The Morgan fingerprint density at radius 2 is 1.44 bits per heavy atom. The maximum absolute atomic E-state index is 13.2. The van der Waals surface area contributed by atoms with E-state index in [0.29, 0.717) is 11.1 Å². The third-order valence-corrected chi connectivity index (χ3v) is 6.74. The van der Waals surface area contributed by atoms with E-state index in [1.54, 1.807) is 42.5 Å². The van der Waals surface area contributed by atoms with Crippen molar-refractivity contribution >= 4 is 26.8 Å². The van der Waals surface area contributed by atoms with Crippen molar-refractivity contribution in [2.45, 2.75) is 4.90 Å². The van der Waals surface area contributed by atoms with Gasteiger partial charge >= 0.3 is 10.1 Å². The second kappa shape index (κ2) is 8.65. The van der Waals surface area contributed by atoms with E-state index in [0.717, 1.165) is 22.1 Å². The van der Waals surface area contributed by atoms with Gasteiger partial charge in [0.2, 0.25) is 0 Å². The third-order valence-electron chi connectivity index (χ3n) is 5.42. The van der Waals surface area contributed by atoms with Crippen LogP contribution in [0.5, 0.6) is 0 Å². The second-order valence-electron chi connectivity index (χ2n) is 7.69. The van der Waals surface area contributed by atoms with Crippen molar-refractivity contribution in [1.82, 2.24) is 0 Å². The molecule has 6 heteroatoms. The van der Waals surface area contributed by atoms with Gasteiger partial charge in [-0.1, -0.05) is 79.4 Å². The summed E-state index contributed by atoms with van der Waals surface area (Å²) in [5.74, 6) is -0.233. The highest BCUT2D eigenvalue weighted by atomic mass is 32.2. The molecule has 0 aliphatic rings. The van der Waals surface area contributed by atoms with E-state index < -0.39 is 10.1 Å². The molecule has 0 saturated carbocycles. The zero-order valence-electron chi connectivity index (χ0n) is 17.9. The average Bonchev–Trinajstić information content (AvgIpc) is 3.29. The molecule has 0 atom stereocenters. The highest BCUT2D eigenvalue weighted by Gasteiger charge is 2.23. The third kappa shape index (κ3) is 4.23. The van der Waals surface area contributed by atoms with E-state index in [1.165, 1.54) is 18.2 Å². The Bertz CT molecular complexity index is 1600. The second-order valence-corrected chi connectivity index (χ2v) is 9.21. The predicted molar refractivity (Wildman–Crippen MR) is 131 cm³/mol. The molecule has 34 heavy (non-hydrogen) atoms. The van der Waals surface area contributed by atoms with E-state index in [4.69, 9.17) is 8.60 Å². The summed E-state index contributed by atoms with van der Waals surface area (Å²) in [7, 11) is -4.17. The number of hydrogen-bond donors (Lipinski definition) is 0. The minimum Gasteiger partial charge on any atom is -0.453 e. The molecule has 0 aliphatic carbocycles. The van der Waals surface area contributed by atoms with Crippen LogP contribution in [0, 0.1) is 5.82 Å². The molecule has 0 fully saturated rings. The van der Waals surface area contributed by atoms with Crippen LogP contribution in [0.25, 0.3) is 39.0 Å². The Labute approximate surface area is 196 Å². The number of rotatable bonds is 6. The largest absolute Gasteiger partial charge is 0.453 e. The number of fused-ring (bicyclic) bond motifs is 1. The normalized spacial score (nSPS) is 11.4. The van der Waals surface area contributed by atoms with Crippen LogP contribution in [-0.2, 0) is 14.3 Å². The first-order valence-corrected chi connectivity index (χ1v) is 11.9. The minimum atomic E-state index is -4.17. The SMILES string of the molecule is C=C(OS(=O)(=O)c1ccccc1-c1ccccc1)c1cc2ccc(-c3ccc(F)cc3)cc2o1. The Kier molecular flexibility index (Phi) is 5.51. The van der Waals surface area contributed by atoms with E-state index in [2.05, 4.69) is 6.58 Å². The molecule has 0 bridgehead atoms. The van der Waals surface area contributed by atoms with E-state index >= 15 is 0 Å². The molecule has 168 valence electrons. The van der Waals surface area contributed by atoms with Crippen molar-refractivity contribution in [3.63, 3.8) is 0 Å². The van der Waals surface area contributed by atoms with Crippen LogP contribution >= 0.6 is 0 Å². The molecule has 0 unspecified atom stereocenters. The van der Waals surface area contributed by atoms with Crippen molar-refractivity contribution in [3.05, 3.63) is 121 Å². The van der Waals surface area contributed by atoms with Gasteiger partial charge in [0, 0.05) is 10.9 Å². The van der Waals surface area contributed by atoms with Gasteiger partial charge in [-0.3, -0.25) is 0 Å². The first-order valence-electron chi connectivity index (χ1n) is 10.5. The first kappa shape index (κ1) is 21.7. The lowest BCUT2D eigenvalue weighted by molar-refractivity contribution is 0.447. The van der Waals surface area contributed by atoms with Gasteiger partial charge < -0.3 is 8.60 Å². The zero-order chi connectivity index (χ0) is 23.7. The van der Waals surface area contributed by atoms with Gasteiger partial charge in [-0.25, -0.2) is 4.39 Å². The molecule has 1 heterocycles. The van der Waals surface area contributed by atoms with E-state index in [9.17, 15) is 12.8 Å². The smallest absolute Gasteiger partial charge is 0.339 e. The van der Waals surface area contributed by atoms with E-state index in [-0.39, 0.29) is 22.2 Å². The summed E-state index contributed by atoms with van der Waals surface area (Å²) in [6, 6.07) is 29.2. The fourth-order valence-electron chi connectivity index (χ4n) is 3.75.